The van der Waals surface area contributed by atoms with Crippen molar-refractivity contribution < 1.29 is 27.5 Å². The first-order chi connectivity index (χ1) is 14.9. The van der Waals surface area contributed by atoms with Crippen molar-refractivity contribution >= 4 is 23.2 Å². The predicted molar refractivity (Wildman–Crippen MR) is 117 cm³/mol. The molecule has 1 aromatic rings. The van der Waals surface area contributed by atoms with Gasteiger partial charge in [-0.25, -0.2) is 0 Å². The molecule has 1 saturated heterocycles. The van der Waals surface area contributed by atoms with Gasteiger partial charge in [-0.2, -0.15) is 13.2 Å². The fraction of sp³-hybridized carbons (Fsp3) is 0.636. The zero-order valence-electron chi connectivity index (χ0n) is 19.0. The number of nitrogens with zero attached hydrogens (tertiary/aromatic N) is 2. The minimum absolute atomic E-state index is 0.0208. The lowest BCUT2D eigenvalue weighted by atomic mass is 10.1. The summed E-state index contributed by atoms with van der Waals surface area (Å²) in [6.07, 6.45) is -4.72. The summed E-state index contributed by atoms with van der Waals surface area (Å²) in [6, 6.07) is 2.70. The number of nitrogens with two attached hydrogens (primary N) is 1. The van der Waals surface area contributed by atoms with Gasteiger partial charge in [0.15, 0.2) is 0 Å². The highest BCUT2D eigenvalue weighted by Crippen LogP contribution is 2.37. The number of benzene rings is 1. The highest BCUT2D eigenvalue weighted by Gasteiger charge is 2.36. The molecule has 0 bridgehead atoms. The number of morpholine rings is 1. The monoisotopic (exact) mass is 458 g/mol. The fourth-order valence-corrected chi connectivity index (χ4v) is 3.74. The van der Waals surface area contributed by atoms with Crippen LogP contribution in [0.4, 0.5) is 24.5 Å². The lowest BCUT2D eigenvalue weighted by molar-refractivity contribution is -0.137. The second-order valence-corrected chi connectivity index (χ2v) is 8.81. The van der Waals surface area contributed by atoms with Crippen LogP contribution in [0.3, 0.4) is 0 Å². The SMILES string of the molecule is CC(C)CN(CC(C)C)[C@H](CN)C(=O)Nc1ccc(N2CCOCC2=O)cc1C(F)(F)F. The number of carbonyl (C=O) groups is 2. The summed E-state index contributed by atoms with van der Waals surface area (Å²) in [5, 5.41) is 2.43. The number of hydrogen-bond acceptors (Lipinski definition) is 5. The molecule has 1 fully saturated rings. The van der Waals surface area contributed by atoms with Crippen molar-refractivity contribution in [1.82, 2.24) is 4.90 Å². The number of anilines is 2. The summed E-state index contributed by atoms with van der Waals surface area (Å²) >= 11 is 0. The summed E-state index contributed by atoms with van der Waals surface area (Å²) in [6.45, 7) is 9.42. The molecule has 0 saturated carbocycles. The van der Waals surface area contributed by atoms with E-state index in [1.165, 1.54) is 17.0 Å². The third kappa shape index (κ3) is 6.91. The number of halogens is 3. The Balaban J connectivity index is 2.32. The minimum atomic E-state index is -4.72. The molecule has 1 aromatic carbocycles. The molecule has 0 spiro atoms. The Morgan fingerprint density at radius 3 is 2.34 bits per heavy atom. The largest absolute Gasteiger partial charge is 0.418 e. The molecule has 0 aliphatic carbocycles. The molecule has 0 radical (unpaired) electrons. The minimum Gasteiger partial charge on any atom is -0.370 e. The van der Waals surface area contributed by atoms with Gasteiger partial charge in [-0.3, -0.25) is 14.5 Å². The van der Waals surface area contributed by atoms with Crippen molar-refractivity contribution in [2.24, 2.45) is 17.6 Å². The average molecular weight is 459 g/mol. The quantitative estimate of drug-likeness (QED) is 0.594. The van der Waals surface area contributed by atoms with Crippen molar-refractivity contribution in [3.05, 3.63) is 23.8 Å². The van der Waals surface area contributed by atoms with Crippen LogP contribution in [0.15, 0.2) is 18.2 Å². The maximum atomic E-state index is 13.8. The van der Waals surface area contributed by atoms with Crippen molar-refractivity contribution in [3.63, 3.8) is 0 Å². The van der Waals surface area contributed by atoms with E-state index in [1.54, 1.807) is 0 Å². The molecule has 180 valence electrons. The van der Waals surface area contributed by atoms with Gasteiger partial charge < -0.3 is 20.7 Å². The van der Waals surface area contributed by atoms with Gasteiger partial charge in [0.25, 0.3) is 5.91 Å². The van der Waals surface area contributed by atoms with Gasteiger partial charge in [-0.15, -0.1) is 0 Å². The molecule has 2 amide bonds. The molecule has 1 heterocycles. The van der Waals surface area contributed by atoms with Crippen LogP contribution in [0.25, 0.3) is 0 Å². The van der Waals surface area contributed by atoms with E-state index >= 15 is 0 Å². The Bertz CT molecular complexity index is 789. The highest BCUT2D eigenvalue weighted by molar-refractivity contribution is 5.98. The zero-order chi connectivity index (χ0) is 24.1. The van der Waals surface area contributed by atoms with Gasteiger partial charge in [0.2, 0.25) is 5.91 Å². The van der Waals surface area contributed by atoms with Gasteiger partial charge in [0, 0.05) is 31.9 Å². The van der Waals surface area contributed by atoms with E-state index in [1.807, 2.05) is 32.6 Å². The van der Waals surface area contributed by atoms with Crippen LogP contribution in [-0.2, 0) is 20.5 Å². The molecule has 0 aromatic heterocycles. The van der Waals surface area contributed by atoms with Crippen molar-refractivity contribution in [3.8, 4) is 0 Å². The predicted octanol–water partition coefficient (Wildman–Crippen LogP) is 2.95. The normalized spacial score (nSPS) is 16.2. The van der Waals surface area contributed by atoms with E-state index in [2.05, 4.69) is 5.32 Å². The number of alkyl halides is 3. The Morgan fingerprint density at radius 2 is 1.84 bits per heavy atom. The average Bonchev–Trinajstić information content (AvgIpc) is 2.67. The molecule has 1 aliphatic rings. The number of hydrogen-bond donors (Lipinski definition) is 2. The summed E-state index contributed by atoms with van der Waals surface area (Å²) in [4.78, 5) is 28.2. The molecular formula is C22H33F3N4O3. The smallest absolute Gasteiger partial charge is 0.370 e. The Morgan fingerprint density at radius 1 is 1.22 bits per heavy atom. The molecule has 2 rings (SSSR count). The van der Waals surface area contributed by atoms with Crippen molar-refractivity contribution in [2.45, 2.75) is 39.9 Å². The third-order valence-electron chi connectivity index (χ3n) is 5.03. The summed E-state index contributed by atoms with van der Waals surface area (Å²) in [5.74, 6) is -0.491. The lowest BCUT2D eigenvalue weighted by Crippen LogP contribution is -2.51. The van der Waals surface area contributed by atoms with Crippen LogP contribution >= 0.6 is 0 Å². The maximum absolute atomic E-state index is 13.8. The van der Waals surface area contributed by atoms with Crippen LogP contribution in [0.5, 0.6) is 0 Å². The van der Waals surface area contributed by atoms with Gasteiger partial charge >= 0.3 is 6.18 Å². The van der Waals surface area contributed by atoms with Gasteiger partial charge in [-0.05, 0) is 30.0 Å². The van der Waals surface area contributed by atoms with Gasteiger partial charge in [0.1, 0.15) is 12.6 Å². The standard InChI is InChI=1S/C22H33F3N4O3/c1-14(2)11-28(12-15(3)4)19(10-26)21(31)27-18-6-5-16(9-17(18)22(23,24)25)29-7-8-32-13-20(29)30/h5-6,9,14-15,19H,7-8,10-13,26H2,1-4H3,(H,27,31)/t19-/m1/s1. The first kappa shape index (κ1) is 26.1. The highest BCUT2D eigenvalue weighted by atomic mass is 19.4. The second kappa shape index (κ2) is 11.1. The van der Waals surface area contributed by atoms with Crippen LogP contribution in [-0.4, -0.2) is 62.1 Å². The third-order valence-corrected chi connectivity index (χ3v) is 5.03. The molecular weight excluding hydrogens is 425 g/mol. The van der Waals surface area contributed by atoms with E-state index in [0.717, 1.165) is 6.07 Å². The van der Waals surface area contributed by atoms with Crippen LogP contribution in [0.2, 0.25) is 0 Å². The van der Waals surface area contributed by atoms with Crippen LogP contribution < -0.4 is 16.0 Å². The summed E-state index contributed by atoms with van der Waals surface area (Å²) < 4.78 is 46.5. The number of ether oxygens (including phenoxy) is 1. The molecule has 10 heteroatoms. The molecule has 32 heavy (non-hydrogen) atoms. The summed E-state index contributed by atoms with van der Waals surface area (Å²) in [5.41, 5.74) is 4.59. The van der Waals surface area contributed by atoms with Crippen LogP contribution in [0.1, 0.15) is 33.3 Å². The topological polar surface area (TPSA) is 87.9 Å². The van der Waals surface area contributed by atoms with Crippen LogP contribution in [0, 0.1) is 11.8 Å². The Kier molecular flexibility index (Phi) is 9.06. The van der Waals surface area contributed by atoms with Crippen molar-refractivity contribution in [1.29, 1.82) is 0 Å². The number of amides is 2. The second-order valence-electron chi connectivity index (χ2n) is 8.81. The number of rotatable bonds is 9. The fourth-order valence-electron chi connectivity index (χ4n) is 3.74. The Hall–Kier alpha value is -2.17. The van der Waals surface area contributed by atoms with E-state index in [0.29, 0.717) is 13.1 Å². The molecule has 1 atom stereocenters. The first-order valence-corrected chi connectivity index (χ1v) is 10.8. The molecule has 3 N–H and O–H groups in total. The maximum Gasteiger partial charge on any atom is 0.418 e. The van der Waals surface area contributed by atoms with E-state index in [9.17, 15) is 22.8 Å². The molecule has 0 unspecified atom stereocenters. The van der Waals surface area contributed by atoms with E-state index in [-0.39, 0.29) is 49.5 Å². The first-order valence-electron chi connectivity index (χ1n) is 10.8. The van der Waals surface area contributed by atoms with Gasteiger partial charge in [0.05, 0.1) is 17.9 Å². The molecule has 7 nitrogen and oxygen atoms in total. The summed E-state index contributed by atoms with van der Waals surface area (Å²) in [7, 11) is 0. The van der Waals surface area contributed by atoms with E-state index < -0.39 is 29.6 Å². The lowest BCUT2D eigenvalue weighted by Gasteiger charge is -2.33. The number of carbonyl (C=O) groups excluding carboxylic acids is 2. The van der Waals surface area contributed by atoms with Gasteiger partial charge in [-0.1, -0.05) is 27.7 Å². The van der Waals surface area contributed by atoms with Crippen molar-refractivity contribution in [2.75, 3.05) is 49.6 Å². The zero-order valence-corrected chi connectivity index (χ0v) is 19.0. The van der Waals surface area contributed by atoms with E-state index in [4.69, 9.17) is 10.5 Å². The number of nitrogens with one attached hydrogen (secondary N) is 1. The Labute approximate surface area is 187 Å². The molecule has 1 aliphatic heterocycles.